The van der Waals surface area contributed by atoms with Crippen molar-refractivity contribution in [2.45, 2.75) is 51.9 Å². The SMILES string of the molecule is CC(C)CC1CCC(c2ccc(N)cc2)CC1. The third kappa shape index (κ3) is 3.49. The zero-order valence-corrected chi connectivity index (χ0v) is 11.2. The van der Waals surface area contributed by atoms with E-state index in [4.69, 9.17) is 5.73 Å². The van der Waals surface area contributed by atoms with Crippen LogP contribution in [0.25, 0.3) is 0 Å². The van der Waals surface area contributed by atoms with Crippen molar-refractivity contribution >= 4 is 5.69 Å². The van der Waals surface area contributed by atoms with Gasteiger partial charge in [-0.05, 0) is 67.6 Å². The van der Waals surface area contributed by atoms with Gasteiger partial charge in [0.2, 0.25) is 0 Å². The highest BCUT2D eigenvalue weighted by atomic mass is 14.5. The monoisotopic (exact) mass is 231 g/mol. The van der Waals surface area contributed by atoms with Crippen LogP contribution in [0.2, 0.25) is 0 Å². The molecule has 1 nitrogen and oxygen atoms in total. The highest BCUT2D eigenvalue weighted by molar-refractivity contribution is 5.40. The van der Waals surface area contributed by atoms with Crippen LogP contribution < -0.4 is 5.73 Å². The Bertz CT molecular complexity index is 331. The summed E-state index contributed by atoms with van der Waals surface area (Å²) in [5.74, 6) is 2.60. The van der Waals surface area contributed by atoms with Crippen molar-refractivity contribution in [3.63, 3.8) is 0 Å². The molecule has 1 heteroatoms. The molecule has 0 radical (unpaired) electrons. The van der Waals surface area contributed by atoms with Crippen LogP contribution >= 0.6 is 0 Å². The average molecular weight is 231 g/mol. The van der Waals surface area contributed by atoms with E-state index >= 15 is 0 Å². The summed E-state index contributed by atoms with van der Waals surface area (Å²) in [6, 6.07) is 8.50. The Morgan fingerprint density at radius 2 is 1.65 bits per heavy atom. The minimum absolute atomic E-state index is 0.777. The number of anilines is 1. The molecule has 0 atom stereocenters. The maximum atomic E-state index is 5.73. The molecular weight excluding hydrogens is 206 g/mol. The van der Waals surface area contributed by atoms with E-state index in [0.717, 1.165) is 23.4 Å². The molecule has 1 fully saturated rings. The smallest absolute Gasteiger partial charge is 0.0314 e. The van der Waals surface area contributed by atoms with Gasteiger partial charge in [0.05, 0.1) is 0 Å². The Labute approximate surface area is 105 Å². The van der Waals surface area contributed by atoms with Crippen LogP contribution in [0.15, 0.2) is 24.3 Å². The lowest BCUT2D eigenvalue weighted by atomic mass is 9.76. The number of rotatable bonds is 3. The van der Waals surface area contributed by atoms with Crippen molar-refractivity contribution in [3.05, 3.63) is 29.8 Å². The van der Waals surface area contributed by atoms with E-state index < -0.39 is 0 Å². The van der Waals surface area contributed by atoms with E-state index in [0.29, 0.717) is 0 Å². The Balaban J connectivity index is 1.88. The van der Waals surface area contributed by atoms with Crippen molar-refractivity contribution in [3.8, 4) is 0 Å². The predicted octanol–water partition coefficient (Wildman–Crippen LogP) is 4.59. The average Bonchev–Trinajstić information content (AvgIpc) is 2.30. The molecule has 0 aliphatic heterocycles. The molecule has 1 aliphatic rings. The minimum Gasteiger partial charge on any atom is -0.399 e. The predicted molar refractivity (Wildman–Crippen MR) is 75.0 cm³/mol. The van der Waals surface area contributed by atoms with Crippen LogP contribution in [-0.2, 0) is 0 Å². The Kier molecular flexibility index (Phi) is 4.09. The number of nitrogens with two attached hydrogens (primary N) is 1. The summed E-state index contributed by atoms with van der Waals surface area (Å²) in [7, 11) is 0. The number of hydrogen-bond acceptors (Lipinski definition) is 1. The molecule has 0 heterocycles. The Morgan fingerprint density at radius 1 is 1.06 bits per heavy atom. The molecule has 0 bridgehead atoms. The van der Waals surface area contributed by atoms with Gasteiger partial charge < -0.3 is 5.73 Å². The summed E-state index contributed by atoms with van der Waals surface area (Å²) in [5, 5.41) is 0. The molecule has 94 valence electrons. The lowest BCUT2D eigenvalue weighted by Crippen LogP contribution is -2.15. The summed E-state index contributed by atoms with van der Waals surface area (Å²) in [4.78, 5) is 0. The van der Waals surface area contributed by atoms with Gasteiger partial charge in [-0.25, -0.2) is 0 Å². The van der Waals surface area contributed by atoms with Gasteiger partial charge in [-0.1, -0.05) is 26.0 Å². The van der Waals surface area contributed by atoms with Gasteiger partial charge >= 0.3 is 0 Å². The standard InChI is InChI=1S/C16H25N/c1-12(2)11-13-3-5-14(6-4-13)15-7-9-16(17)10-8-15/h7-10,12-14H,3-6,11,17H2,1-2H3. The fourth-order valence-corrected chi connectivity index (χ4v) is 3.17. The van der Waals surface area contributed by atoms with Gasteiger partial charge in [-0.2, -0.15) is 0 Å². The van der Waals surface area contributed by atoms with E-state index in [2.05, 4.69) is 26.0 Å². The molecule has 2 N–H and O–H groups in total. The molecule has 0 spiro atoms. The van der Waals surface area contributed by atoms with Crippen molar-refractivity contribution in [1.82, 2.24) is 0 Å². The molecule has 1 aromatic carbocycles. The maximum absolute atomic E-state index is 5.73. The van der Waals surface area contributed by atoms with Crippen LogP contribution in [0.1, 0.15) is 57.4 Å². The van der Waals surface area contributed by atoms with E-state index in [-0.39, 0.29) is 0 Å². The summed E-state index contributed by atoms with van der Waals surface area (Å²) in [5.41, 5.74) is 8.10. The van der Waals surface area contributed by atoms with E-state index in [9.17, 15) is 0 Å². The summed E-state index contributed by atoms with van der Waals surface area (Å²) in [6.45, 7) is 4.68. The summed E-state index contributed by atoms with van der Waals surface area (Å²) < 4.78 is 0. The molecule has 1 aromatic rings. The lowest BCUT2D eigenvalue weighted by Gasteiger charge is -2.29. The van der Waals surface area contributed by atoms with E-state index in [1.54, 1.807) is 0 Å². The first-order chi connectivity index (χ1) is 8.15. The molecule has 0 amide bonds. The molecule has 1 aliphatic carbocycles. The first-order valence-corrected chi connectivity index (χ1v) is 7.00. The highest BCUT2D eigenvalue weighted by Crippen LogP contribution is 2.38. The van der Waals surface area contributed by atoms with Gasteiger partial charge in [0.15, 0.2) is 0 Å². The van der Waals surface area contributed by atoms with Gasteiger partial charge in [0.25, 0.3) is 0 Å². The number of nitrogen functional groups attached to an aromatic ring is 1. The zero-order chi connectivity index (χ0) is 12.3. The maximum Gasteiger partial charge on any atom is 0.0314 e. The van der Waals surface area contributed by atoms with E-state index in [1.165, 1.54) is 37.7 Å². The van der Waals surface area contributed by atoms with Crippen molar-refractivity contribution < 1.29 is 0 Å². The molecule has 0 saturated heterocycles. The van der Waals surface area contributed by atoms with Crippen LogP contribution in [-0.4, -0.2) is 0 Å². The molecule has 1 saturated carbocycles. The van der Waals surface area contributed by atoms with Gasteiger partial charge in [0, 0.05) is 5.69 Å². The topological polar surface area (TPSA) is 26.0 Å². The van der Waals surface area contributed by atoms with Gasteiger partial charge in [0.1, 0.15) is 0 Å². The highest BCUT2D eigenvalue weighted by Gasteiger charge is 2.22. The van der Waals surface area contributed by atoms with Gasteiger partial charge in [-0.3, -0.25) is 0 Å². The lowest BCUT2D eigenvalue weighted by molar-refractivity contribution is 0.283. The van der Waals surface area contributed by atoms with Crippen molar-refractivity contribution in [2.75, 3.05) is 5.73 Å². The third-order valence-corrected chi connectivity index (χ3v) is 4.06. The minimum atomic E-state index is 0.777. The molecular formula is C16H25N. The fraction of sp³-hybridized carbons (Fsp3) is 0.625. The van der Waals surface area contributed by atoms with Crippen molar-refractivity contribution in [1.29, 1.82) is 0 Å². The Hall–Kier alpha value is -0.980. The van der Waals surface area contributed by atoms with Crippen LogP contribution in [0.4, 0.5) is 5.69 Å². The first-order valence-electron chi connectivity index (χ1n) is 7.00. The molecule has 0 aromatic heterocycles. The number of hydrogen-bond donors (Lipinski definition) is 1. The molecule has 17 heavy (non-hydrogen) atoms. The molecule has 0 unspecified atom stereocenters. The zero-order valence-electron chi connectivity index (χ0n) is 11.2. The second-order valence-electron chi connectivity index (χ2n) is 6.01. The second kappa shape index (κ2) is 5.57. The van der Waals surface area contributed by atoms with E-state index in [1.807, 2.05) is 12.1 Å². The fourth-order valence-electron chi connectivity index (χ4n) is 3.17. The van der Waals surface area contributed by atoms with Gasteiger partial charge in [-0.15, -0.1) is 0 Å². The third-order valence-electron chi connectivity index (χ3n) is 4.06. The van der Waals surface area contributed by atoms with Crippen molar-refractivity contribution in [2.24, 2.45) is 11.8 Å². The first kappa shape index (κ1) is 12.5. The second-order valence-corrected chi connectivity index (χ2v) is 6.01. The van der Waals surface area contributed by atoms with Crippen LogP contribution in [0.3, 0.4) is 0 Å². The molecule has 2 rings (SSSR count). The largest absolute Gasteiger partial charge is 0.399 e. The Morgan fingerprint density at radius 3 is 2.18 bits per heavy atom. The summed E-state index contributed by atoms with van der Waals surface area (Å²) in [6.07, 6.45) is 6.96. The van der Waals surface area contributed by atoms with Crippen LogP contribution in [0, 0.1) is 11.8 Å². The normalized spacial score (nSPS) is 25.1. The number of benzene rings is 1. The van der Waals surface area contributed by atoms with Crippen LogP contribution in [0.5, 0.6) is 0 Å². The summed E-state index contributed by atoms with van der Waals surface area (Å²) >= 11 is 0. The quantitative estimate of drug-likeness (QED) is 0.757.